The van der Waals surface area contributed by atoms with E-state index in [4.69, 9.17) is 5.73 Å². The average Bonchev–Trinajstić information content (AvgIpc) is 2.60. The van der Waals surface area contributed by atoms with Crippen molar-refractivity contribution in [3.63, 3.8) is 0 Å². The van der Waals surface area contributed by atoms with Crippen LogP contribution >= 0.6 is 11.3 Å². The molecule has 1 heterocycles. The fourth-order valence-corrected chi connectivity index (χ4v) is 3.38. The minimum Gasteiger partial charge on any atom is -0.325 e. The van der Waals surface area contributed by atoms with Crippen molar-refractivity contribution in [1.29, 1.82) is 0 Å². The van der Waals surface area contributed by atoms with Crippen LogP contribution in [0, 0.1) is 12.8 Å². The molecule has 0 amide bonds. The van der Waals surface area contributed by atoms with Gasteiger partial charge in [0, 0.05) is 23.0 Å². The first kappa shape index (κ1) is 10.1. The number of hydrogen-bond acceptors (Lipinski definition) is 3. The molecule has 0 radical (unpaired) electrons. The summed E-state index contributed by atoms with van der Waals surface area (Å²) in [6.45, 7) is 4.35. The minimum absolute atomic E-state index is 0.0540. The standard InChI is InChI=1S/C11H18N2S/c1-8-3-4-11(12,5-8)6-10-7-13-9(2)14-10/h7-8H,3-6,12H2,1-2H3. The van der Waals surface area contributed by atoms with Crippen LogP contribution in [0.4, 0.5) is 0 Å². The molecule has 1 aromatic heterocycles. The first-order chi connectivity index (χ1) is 6.57. The van der Waals surface area contributed by atoms with Crippen molar-refractivity contribution in [1.82, 2.24) is 4.98 Å². The normalized spacial score (nSPS) is 32.4. The van der Waals surface area contributed by atoms with Crippen LogP contribution in [0.15, 0.2) is 6.20 Å². The lowest BCUT2D eigenvalue weighted by Gasteiger charge is -2.22. The van der Waals surface area contributed by atoms with Gasteiger partial charge in [0.2, 0.25) is 0 Å². The van der Waals surface area contributed by atoms with Crippen LogP contribution in [0.1, 0.15) is 36.1 Å². The Labute approximate surface area is 89.5 Å². The molecule has 78 valence electrons. The lowest BCUT2D eigenvalue weighted by Crippen LogP contribution is -2.38. The Kier molecular flexibility index (Phi) is 2.62. The molecule has 1 fully saturated rings. The number of rotatable bonds is 2. The van der Waals surface area contributed by atoms with Gasteiger partial charge in [-0.3, -0.25) is 0 Å². The summed E-state index contributed by atoms with van der Waals surface area (Å²) in [6.07, 6.45) is 6.63. The second-order valence-electron chi connectivity index (χ2n) is 4.73. The molecule has 0 aliphatic heterocycles. The second kappa shape index (κ2) is 3.63. The molecular formula is C11H18N2S. The van der Waals surface area contributed by atoms with Gasteiger partial charge in [-0.25, -0.2) is 4.98 Å². The van der Waals surface area contributed by atoms with Crippen LogP contribution < -0.4 is 5.73 Å². The van der Waals surface area contributed by atoms with Crippen molar-refractivity contribution < 1.29 is 0 Å². The average molecular weight is 210 g/mol. The first-order valence-corrected chi connectivity index (χ1v) is 6.09. The Morgan fingerprint density at radius 3 is 3.00 bits per heavy atom. The number of aryl methyl sites for hydroxylation is 1. The summed E-state index contributed by atoms with van der Waals surface area (Å²) >= 11 is 1.78. The molecular weight excluding hydrogens is 192 g/mol. The number of thiazole rings is 1. The van der Waals surface area contributed by atoms with Crippen LogP contribution in [-0.2, 0) is 6.42 Å². The molecule has 14 heavy (non-hydrogen) atoms. The van der Waals surface area contributed by atoms with Gasteiger partial charge in [0.15, 0.2) is 0 Å². The van der Waals surface area contributed by atoms with Crippen LogP contribution in [0.2, 0.25) is 0 Å². The zero-order valence-electron chi connectivity index (χ0n) is 8.92. The van der Waals surface area contributed by atoms with E-state index in [1.807, 2.05) is 6.20 Å². The Morgan fingerprint density at radius 1 is 1.71 bits per heavy atom. The molecule has 2 atom stereocenters. The highest BCUT2D eigenvalue weighted by molar-refractivity contribution is 7.11. The Bertz CT molecular complexity index is 321. The SMILES string of the molecule is Cc1ncc(CC2(N)CCC(C)C2)s1. The first-order valence-electron chi connectivity index (χ1n) is 5.28. The van der Waals surface area contributed by atoms with E-state index in [1.54, 1.807) is 11.3 Å². The van der Waals surface area contributed by atoms with E-state index in [1.165, 1.54) is 24.1 Å². The second-order valence-corrected chi connectivity index (χ2v) is 6.05. The molecule has 2 rings (SSSR count). The van der Waals surface area contributed by atoms with Gasteiger partial charge in [-0.1, -0.05) is 6.92 Å². The van der Waals surface area contributed by atoms with E-state index in [9.17, 15) is 0 Å². The monoisotopic (exact) mass is 210 g/mol. The van der Waals surface area contributed by atoms with E-state index in [2.05, 4.69) is 18.8 Å². The molecule has 1 saturated carbocycles. The summed E-state index contributed by atoms with van der Waals surface area (Å²) in [4.78, 5) is 5.62. The molecule has 0 saturated heterocycles. The summed E-state index contributed by atoms with van der Waals surface area (Å²) in [7, 11) is 0. The fraction of sp³-hybridized carbons (Fsp3) is 0.727. The topological polar surface area (TPSA) is 38.9 Å². The fourth-order valence-electron chi connectivity index (χ4n) is 2.43. The highest BCUT2D eigenvalue weighted by Gasteiger charge is 2.33. The van der Waals surface area contributed by atoms with Gasteiger partial charge in [-0.15, -0.1) is 11.3 Å². The quantitative estimate of drug-likeness (QED) is 0.814. The molecule has 3 heteroatoms. The molecule has 1 aliphatic carbocycles. The maximum atomic E-state index is 6.37. The highest BCUT2D eigenvalue weighted by Crippen LogP contribution is 2.35. The van der Waals surface area contributed by atoms with Crippen molar-refractivity contribution in [3.05, 3.63) is 16.1 Å². The molecule has 2 unspecified atom stereocenters. The van der Waals surface area contributed by atoms with Crippen LogP contribution in [0.5, 0.6) is 0 Å². The van der Waals surface area contributed by atoms with Gasteiger partial charge in [-0.05, 0) is 32.1 Å². The Morgan fingerprint density at radius 2 is 2.50 bits per heavy atom. The third-order valence-electron chi connectivity index (χ3n) is 3.09. The Hall–Kier alpha value is -0.410. The van der Waals surface area contributed by atoms with Crippen molar-refractivity contribution in [2.75, 3.05) is 0 Å². The maximum absolute atomic E-state index is 6.37. The van der Waals surface area contributed by atoms with Gasteiger partial charge >= 0.3 is 0 Å². The van der Waals surface area contributed by atoms with E-state index in [0.29, 0.717) is 0 Å². The van der Waals surface area contributed by atoms with Crippen molar-refractivity contribution in [2.45, 2.75) is 45.1 Å². The van der Waals surface area contributed by atoms with E-state index >= 15 is 0 Å². The zero-order chi connectivity index (χ0) is 10.2. The lowest BCUT2D eigenvalue weighted by atomic mass is 9.93. The Balaban J connectivity index is 2.03. The zero-order valence-corrected chi connectivity index (χ0v) is 9.73. The van der Waals surface area contributed by atoms with Crippen LogP contribution in [0.3, 0.4) is 0 Å². The molecule has 1 aromatic rings. The molecule has 1 aliphatic rings. The summed E-state index contributed by atoms with van der Waals surface area (Å²) in [5, 5.41) is 1.15. The van der Waals surface area contributed by atoms with Crippen molar-refractivity contribution >= 4 is 11.3 Å². The number of nitrogens with zero attached hydrogens (tertiary/aromatic N) is 1. The summed E-state index contributed by atoms with van der Waals surface area (Å²) in [5.74, 6) is 0.800. The highest BCUT2D eigenvalue weighted by atomic mass is 32.1. The van der Waals surface area contributed by atoms with Crippen LogP contribution in [-0.4, -0.2) is 10.5 Å². The molecule has 0 spiro atoms. The van der Waals surface area contributed by atoms with Gasteiger partial charge in [0.05, 0.1) is 5.01 Å². The summed E-state index contributed by atoms with van der Waals surface area (Å²) in [6, 6.07) is 0. The van der Waals surface area contributed by atoms with E-state index in [-0.39, 0.29) is 5.54 Å². The van der Waals surface area contributed by atoms with Crippen molar-refractivity contribution in [2.24, 2.45) is 11.7 Å². The number of nitrogens with two attached hydrogens (primary N) is 1. The van der Waals surface area contributed by atoms with Gasteiger partial charge in [-0.2, -0.15) is 0 Å². The minimum atomic E-state index is 0.0540. The number of aromatic nitrogens is 1. The lowest BCUT2D eigenvalue weighted by molar-refractivity contribution is 0.422. The summed E-state index contributed by atoms with van der Waals surface area (Å²) < 4.78 is 0. The van der Waals surface area contributed by atoms with Gasteiger partial charge < -0.3 is 5.73 Å². The maximum Gasteiger partial charge on any atom is 0.0896 e. The van der Waals surface area contributed by atoms with Gasteiger partial charge in [0.1, 0.15) is 0 Å². The number of hydrogen-bond donors (Lipinski definition) is 1. The molecule has 2 N–H and O–H groups in total. The predicted molar refractivity (Wildman–Crippen MR) is 60.5 cm³/mol. The van der Waals surface area contributed by atoms with E-state index < -0.39 is 0 Å². The van der Waals surface area contributed by atoms with Gasteiger partial charge in [0.25, 0.3) is 0 Å². The van der Waals surface area contributed by atoms with E-state index in [0.717, 1.165) is 17.3 Å². The smallest absolute Gasteiger partial charge is 0.0896 e. The van der Waals surface area contributed by atoms with Crippen LogP contribution in [0.25, 0.3) is 0 Å². The third-order valence-corrected chi connectivity index (χ3v) is 4.00. The molecule has 0 aromatic carbocycles. The molecule has 0 bridgehead atoms. The predicted octanol–water partition coefficient (Wildman–Crippen LogP) is 2.51. The van der Waals surface area contributed by atoms with Crippen molar-refractivity contribution in [3.8, 4) is 0 Å². The largest absolute Gasteiger partial charge is 0.325 e. The third kappa shape index (κ3) is 2.15. The summed E-state index contributed by atoms with van der Waals surface area (Å²) in [5.41, 5.74) is 6.42. The molecule has 2 nitrogen and oxygen atoms in total.